The number of aliphatic hydroxyl groups is 1. The average molecular weight is 233 g/mol. The van der Waals surface area contributed by atoms with E-state index in [1.165, 1.54) is 11.2 Å². The fourth-order valence-corrected chi connectivity index (χ4v) is 1.81. The molecule has 17 heavy (non-hydrogen) atoms. The highest BCUT2D eigenvalue weighted by atomic mass is 16.5. The van der Waals surface area contributed by atoms with Gasteiger partial charge in [-0.15, -0.1) is 0 Å². The van der Waals surface area contributed by atoms with Gasteiger partial charge in [-0.3, -0.25) is 4.79 Å². The Balaban J connectivity index is 2.28. The first-order valence-electron chi connectivity index (χ1n) is 5.57. The van der Waals surface area contributed by atoms with Crippen LogP contribution in [0.1, 0.15) is 12.5 Å². The van der Waals surface area contributed by atoms with Crippen molar-refractivity contribution in [1.29, 1.82) is 0 Å². The van der Waals surface area contributed by atoms with Crippen LogP contribution in [0.25, 0.3) is 5.57 Å². The third-order valence-corrected chi connectivity index (χ3v) is 2.74. The van der Waals surface area contributed by atoms with Gasteiger partial charge in [-0.05, 0) is 12.5 Å². The first kappa shape index (κ1) is 11.7. The Morgan fingerprint density at radius 2 is 2.06 bits per heavy atom. The van der Waals surface area contributed by atoms with Crippen molar-refractivity contribution in [2.75, 3.05) is 13.2 Å². The van der Waals surface area contributed by atoms with Gasteiger partial charge >= 0.3 is 0 Å². The van der Waals surface area contributed by atoms with Crippen molar-refractivity contribution in [1.82, 2.24) is 4.90 Å². The fourth-order valence-electron chi connectivity index (χ4n) is 1.81. The molecule has 4 heteroatoms. The van der Waals surface area contributed by atoms with Gasteiger partial charge in [-0.2, -0.15) is 0 Å². The number of hydrogen-bond donors (Lipinski definition) is 1. The maximum atomic E-state index is 12.2. The zero-order chi connectivity index (χ0) is 12.3. The van der Waals surface area contributed by atoms with E-state index < -0.39 is 0 Å². The summed E-state index contributed by atoms with van der Waals surface area (Å²) < 4.78 is 5.41. The van der Waals surface area contributed by atoms with Crippen LogP contribution in [-0.2, 0) is 9.53 Å². The molecule has 0 bridgehead atoms. The number of aliphatic hydroxyl groups excluding tert-OH is 1. The van der Waals surface area contributed by atoms with Crippen LogP contribution >= 0.6 is 0 Å². The second-order valence-corrected chi connectivity index (χ2v) is 3.86. The lowest BCUT2D eigenvalue weighted by Crippen LogP contribution is -2.44. The molecule has 1 aromatic rings. The van der Waals surface area contributed by atoms with Gasteiger partial charge in [0.25, 0.3) is 5.91 Å². The predicted molar refractivity (Wildman–Crippen MR) is 63.8 cm³/mol. The molecule has 2 rings (SSSR count). The van der Waals surface area contributed by atoms with Crippen LogP contribution in [0.4, 0.5) is 0 Å². The number of rotatable bonds is 3. The Bertz CT molecular complexity index is 428. The summed E-state index contributed by atoms with van der Waals surface area (Å²) in [5.41, 5.74) is 1.35. The highest BCUT2D eigenvalue weighted by Gasteiger charge is 2.28. The molecule has 1 amide bonds. The van der Waals surface area contributed by atoms with Crippen molar-refractivity contribution in [3.05, 3.63) is 42.2 Å². The molecule has 0 aromatic heterocycles. The number of carbonyl (C=O) groups is 1. The smallest absolute Gasteiger partial charge is 0.260 e. The molecular formula is C13H15NO3. The Labute approximate surface area is 100 Å². The van der Waals surface area contributed by atoms with Gasteiger partial charge in [-0.1, -0.05) is 30.3 Å². The van der Waals surface area contributed by atoms with E-state index in [1.54, 1.807) is 6.92 Å². The van der Waals surface area contributed by atoms with Gasteiger partial charge in [0.2, 0.25) is 0 Å². The minimum atomic E-state index is -0.331. The molecule has 1 aromatic carbocycles. The Morgan fingerprint density at radius 3 is 2.71 bits per heavy atom. The average Bonchev–Trinajstić information content (AvgIpc) is 2.36. The SMILES string of the molecule is CC1OC=C(c2ccccc2)C(=O)N1CCO. The number of benzene rings is 1. The quantitative estimate of drug-likeness (QED) is 0.854. The normalized spacial score (nSPS) is 19.9. The van der Waals surface area contributed by atoms with Crippen LogP contribution in [0, 0.1) is 0 Å². The van der Waals surface area contributed by atoms with E-state index in [-0.39, 0.29) is 25.3 Å². The second kappa shape index (κ2) is 5.01. The zero-order valence-corrected chi connectivity index (χ0v) is 9.67. The number of carbonyl (C=O) groups excluding carboxylic acids is 1. The van der Waals surface area contributed by atoms with E-state index in [1.807, 2.05) is 30.3 Å². The summed E-state index contributed by atoms with van der Waals surface area (Å²) in [5, 5.41) is 8.94. The number of hydrogen-bond acceptors (Lipinski definition) is 3. The van der Waals surface area contributed by atoms with Gasteiger partial charge in [0.1, 0.15) is 0 Å². The van der Waals surface area contributed by atoms with Crippen molar-refractivity contribution >= 4 is 11.5 Å². The van der Waals surface area contributed by atoms with Crippen molar-refractivity contribution in [2.24, 2.45) is 0 Å². The van der Waals surface area contributed by atoms with Crippen molar-refractivity contribution in [2.45, 2.75) is 13.2 Å². The van der Waals surface area contributed by atoms with E-state index in [2.05, 4.69) is 0 Å². The van der Waals surface area contributed by atoms with Gasteiger partial charge in [0, 0.05) is 6.54 Å². The maximum Gasteiger partial charge on any atom is 0.260 e. The number of β-amino-alcohol motifs (C(OH)–C–C–N with tert-alkyl or cyclic N) is 1. The van der Waals surface area contributed by atoms with E-state index in [0.29, 0.717) is 5.57 Å². The lowest BCUT2D eigenvalue weighted by Gasteiger charge is -2.32. The van der Waals surface area contributed by atoms with Crippen molar-refractivity contribution < 1.29 is 14.6 Å². The summed E-state index contributed by atoms with van der Waals surface area (Å²) in [4.78, 5) is 13.7. The van der Waals surface area contributed by atoms with Crippen LogP contribution in [0.15, 0.2) is 36.6 Å². The third-order valence-electron chi connectivity index (χ3n) is 2.74. The molecule has 4 nitrogen and oxygen atoms in total. The molecule has 1 unspecified atom stereocenters. The fraction of sp³-hybridized carbons (Fsp3) is 0.308. The minimum absolute atomic E-state index is 0.0679. The topological polar surface area (TPSA) is 49.8 Å². The molecule has 0 saturated heterocycles. The van der Waals surface area contributed by atoms with E-state index in [4.69, 9.17) is 9.84 Å². The summed E-state index contributed by atoms with van der Waals surface area (Å²) in [7, 11) is 0. The molecular weight excluding hydrogens is 218 g/mol. The zero-order valence-electron chi connectivity index (χ0n) is 9.67. The Hall–Kier alpha value is -1.81. The van der Waals surface area contributed by atoms with E-state index in [9.17, 15) is 4.79 Å². The molecule has 1 atom stereocenters. The Kier molecular flexibility index (Phi) is 3.44. The summed E-state index contributed by atoms with van der Waals surface area (Å²) in [6.45, 7) is 2.00. The molecule has 90 valence electrons. The predicted octanol–water partition coefficient (Wildman–Crippen LogP) is 1.22. The summed E-state index contributed by atoms with van der Waals surface area (Å²) in [5.74, 6) is -0.107. The molecule has 0 saturated carbocycles. The monoisotopic (exact) mass is 233 g/mol. The van der Waals surface area contributed by atoms with E-state index >= 15 is 0 Å². The van der Waals surface area contributed by atoms with Crippen molar-refractivity contribution in [3.63, 3.8) is 0 Å². The summed E-state index contributed by atoms with van der Waals surface area (Å²) in [6.07, 6.45) is 1.16. The first-order valence-corrected chi connectivity index (χ1v) is 5.57. The standard InChI is InChI=1S/C13H15NO3/c1-10-14(7-8-15)13(16)12(9-17-10)11-5-3-2-4-6-11/h2-6,9-10,15H,7-8H2,1H3. The van der Waals surface area contributed by atoms with Crippen LogP contribution in [0.2, 0.25) is 0 Å². The molecule has 1 heterocycles. The molecule has 1 N–H and O–H groups in total. The lowest BCUT2D eigenvalue weighted by atomic mass is 10.1. The largest absolute Gasteiger partial charge is 0.477 e. The first-order chi connectivity index (χ1) is 8.24. The molecule has 0 radical (unpaired) electrons. The second-order valence-electron chi connectivity index (χ2n) is 3.86. The van der Waals surface area contributed by atoms with Crippen LogP contribution < -0.4 is 0 Å². The molecule has 0 fully saturated rings. The minimum Gasteiger partial charge on any atom is -0.477 e. The number of ether oxygens (including phenoxy) is 1. The summed E-state index contributed by atoms with van der Waals surface area (Å²) >= 11 is 0. The van der Waals surface area contributed by atoms with Gasteiger partial charge in [0.15, 0.2) is 6.23 Å². The lowest BCUT2D eigenvalue weighted by molar-refractivity contribution is -0.137. The van der Waals surface area contributed by atoms with Crippen LogP contribution in [0.5, 0.6) is 0 Å². The van der Waals surface area contributed by atoms with Crippen LogP contribution in [-0.4, -0.2) is 35.3 Å². The number of amides is 1. The Morgan fingerprint density at radius 1 is 1.35 bits per heavy atom. The third kappa shape index (κ3) is 2.31. The molecule has 0 aliphatic carbocycles. The highest BCUT2D eigenvalue weighted by Crippen LogP contribution is 2.23. The van der Waals surface area contributed by atoms with Crippen LogP contribution in [0.3, 0.4) is 0 Å². The van der Waals surface area contributed by atoms with Gasteiger partial charge in [-0.25, -0.2) is 0 Å². The van der Waals surface area contributed by atoms with Gasteiger partial charge < -0.3 is 14.7 Å². The van der Waals surface area contributed by atoms with Gasteiger partial charge in [0.05, 0.1) is 18.4 Å². The molecule has 0 spiro atoms. The summed E-state index contributed by atoms with van der Waals surface area (Å²) in [6, 6.07) is 9.36. The maximum absolute atomic E-state index is 12.2. The number of nitrogens with zero attached hydrogens (tertiary/aromatic N) is 1. The van der Waals surface area contributed by atoms with E-state index in [0.717, 1.165) is 5.56 Å². The highest BCUT2D eigenvalue weighted by molar-refractivity contribution is 6.19. The van der Waals surface area contributed by atoms with Crippen molar-refractivity contribution in [3.8, 4) is 0 Å². The molecule has 1 aliphatic heterocycles. The molecule has 1 aliphatic rings.